The van der Waals surface area contributed by atoms with Crippen LogP contribution in [-0.4, -0.2) is 49.2 Å². The normalized spacial score (nSPS) is 21.8. The maximum Gasteiger partial charge on any atom is 0.314 e. The Hall–Kier alpha value is -1.07. The van der Waals surface area contributed by atoms with Gasteiger partial charge in [-0.3, -0.25) is 4.79 Å². The zero-order chi connectivity index (χ0) is 14.3. The van der Waals surface area contributed by atoms with Gasteiger partial charge in [0.25, 0.3) is 0 Å². The number of likely N-dealkylation sites (N-methyl/N-ethyl adjacent to an activating group) is 1. The predicted octanol–water partition coefficient (Wildman–Crippen LogP) is 2.32. The zero-order valence-corrected chi connectivity index (χ0v) is 13.2. The lowest BCUT2D eigenvalue weighted by Crippen LogP contribution is -2.44. The minimum Gasteiger partial charge on any atom is -0.481 e. The van der Waals surface area contributed by atoms with Crippen LogP contribution in [0, 0.1) is 0 Å². The fourth-order valence-corrected chi connectivity index (χ4v) is 3.49. The van der Waals surface area contributed by atoms with Crippen molar-refractivity contribution in [2.75, 3.05) is 38.1 Å². The van der Waals surface area contributed by atoms with E-state index in [0.717, 1.165) is 49.1 Å². The summed E-state index contributed by atoms with van der Waals surface area (Å²) < 4.78 is 1.01. The number of carboxylic acid groups (broad SMARTS) is 1. The third-order valence-electron chi connectivity index (χ3n) is 4.50. The number of carboxylic acids is 1. The second kappa shape index (κ2) is 5.04. The first-order valence-corrected chi connectivity index (χ1v) is 7.79. The minimum absolute atomic E-state index is 0.622. The molecule has 1 N–H and O–H groups in total. The summed E-state index contributed by atoms with van der Waals surface area (Å²) >= 11 is 3.62. The maximum atomic E-state index is 11.4. The number of hydrogen-bond donors (Lipinski definition) is 1. The summed E-state index contributed by atoms with van der Waals surface area (Å²) in [6, 6.07) is 6.04. The lowest BCUT2D eigenvalue weighted by Gasteiger charge is -2.34. The summed E-state index contributed by atoms with van der Waals surface area (Å²) in [4.78, 5) is 16.1. The number of nitrogens with zero attached hydrogens (tertiary/aromatic N) is 2. The molecule has 0 bridgehead atoms. The van der Waals surface area contributed by atoms with Crippen LogP contribution in [-0.2, 0) is 10.2 Å². The average Bonchev–Trinajstić information content (AvgIpc) is 3.21. The Bertz CT molecular complexity index is 535. The van der Waals surface area contributed by atoms with Crippen LogP contribution in [0.4, 0.5) is 5.69 Å². The van der Waals surface area contributed by atoms with Crippen molar-refractivity contribution in [2.45, 2.75) is 18.3 Å². The Kier molecular flexibility index (Phi) is 3.50. The smallest absolute Gasteiger partial charge is 0.314 e. The van der Waals surface area contributed by atoms with E-state index in [1.54, 1.807) is 0 Å². The first-order valence-electron chi connectivity index (χ1n) is 7.00. The van der Waals surface area contributed by atoms with Crippen LogP contribution in [0.3, 0.4) is 0 Å². The summed E-state index contributed by atoms with van der Waals surface area (Å²) in [6.45, 7) is 4.15. The molecular weight excluding hydrogens is 320 g/mol. The van der Waals surface area contributed by atoms with Gasteiger partial charge in [0.15, 0.2) is 0 Å². The van der Waals surface area contributed by atoms with Gasteiger partial charge in [-0.25, -0.2) is 0 Å². The highest BCUT2D eigenvalue weighted by molar-refractivity contribution is 9.10. The molecule has 5 heteroatoms. The summed E-state index contributed by atoms with van der Waals surface area (Å²) in [5.74, 6) is -0.697. The topological polar surface area (TPSA) is 43.8 Å². The average molecular weight is 339 g/mol. The van der Waals surface area contributed by atoms with Crippen molar-refractivity contribution in [1.29, 1.82) is 0 Å². The Morgan fingerprint density at radius 2 is 1.90 bits per heavy atom. The molecule has 1 saturated heterocycles. The standard InChI is InChI=1S/C15H19BrN2O2/c1-17-6-8-18(9-7-17)13-3-2-11(10-12(13)16)15(4-5-15)14(19)20/h2-3,10H,4-9H2,1H3,(H,19,20). The third kappa shape index (κ3) is 2.33. The van der Waals surface area contributed by atoms with Gasteiger partial charge in [0.2, 0.25) is 0 Å². The molecule has 2 aliphatic rings. The number of hydrogen-bond acceptors (Lipinski definition) is 3. The Morgan fingerprint density at radius 1 is 1.25 bits per heavy atom. The first-order chi connectivity index (χ1) is 9.53. The molecule has 4 nitrogen and oxygen atoms in total. The highest BCUT2D eigenvalue weighted by Crippen LogP contribution is 2.49. The van der Waals surface area contributed by atoms with Crippen molar-refractivity contribution in [3.63, 3.8) is 0 Å². The van der Waals surface area contributed by atoms with Gasteiger partial charge in [-0.05, 0) is 53.5 Å². The SMILES string of the molecule is CN1CCN(c2ccc(C3(C(=O)O)CC3)cc2Br)CC1. The van der Waals surface area contributed by atoms with E-state index in [9.17, 15) is 9.90 Å². The van der Waals surface area contributed by atoms with Gasteiger partial charge >= 0.3 is 5.97 Å². The van der Waals surface area contributed by atoms with Gasteiger partial charge in [-0.2, -0.15) is 0 Å². The van der Waals surface area contributed by atoms with E-state index in [0.29, 0.717) is 0 Å². The van der Waals surface area contributed by atoms with E-state index in [1.807, 2.05) is 12.1 Å². The van der Waals surface area contributed by atoms with Crippen molar-refractivity contribution in [1.82, 2.24) is 4.90 Å². The van der Waals surface area contributed by atoms with E-state index in [-0.39, 0.29) is 0 Å². The van der Waals surface area contributed by atoms with Crippen LogP contribution in [0.15, 0.2) is 22.7 Å². The molecule has 2 fully saturated rings. The molecule has 1 aliphatic heterocycles. The molecule has 108 valence electrons. The molecule has 0 amide bonds. The second-order valence-corrected chi connectivity index (χ2v) is 6.70. The molecule has 20 heavy (non-hydrogen) atoms. The molecule has 0 radical (unpaired) electrons. The van der Waals surface area contributed by atoms with E-state index in [1.165, 1.54) is 5.69 Å². The Labute approximate surface area is 127 Å². The van der Waals surface area contributed by atoms with Crippen LogP contribution in [0.2, 0.25) is 0 Å². The molecule has 0 atom stereocenters. The summed E-state index contributed by atoms with van der Waals surface area (Å²) in [6.07, 6.45) is 1.51. The molecule has 1 heterocycles. The summed E-state index contributed by atoms with van der Waals surface area (Å²) in [7, 11) is 2.14. The lowest BCUT2D eigenvalue weighted by molar-refractivity contribution is -0.140. The number of aliphatic carboxylic acids is 1. The van der Waals surface area contributed by atoms with Crippen LogP contribution in [0.1, 0.15) is 18.4 Å². The van der Waals surface area contributed by atoms with Crippen molar-refractivity contribution < 1.29 is 9.90 Å². The second-order valence-electron chi connectivity index (χ2n) is 5.84. The van der Waals surface area contributed by atoms with E-state index in [4.69, 9.17) is 0 Å². The van der Waals surface area contributed by atoms with Crippen molar-refractivity contribution in [3.05, 3.63) is 28.2 Å². The van der Waals surface area contributed by atoms with Gasteiger partial charge in [0.05, 0.1) is 11.1 Å². The number of carbonyl (C=O) groups is 1. The molecule has 0 aromatic heterocycles. The molecule has 3 rings (SSSR count). The van der Waals surface area contributed by atoms with Crippen LogP contribution < -0.4 is 4.90 Å². The third-order valence-corrected chi connectivity index (χ3v) is 5.14. The Balaban J connectivity index is 1.83. The molecule has 1 aromatic rings. The van der Waals surface area contributed by atoms with Gasteiger partial charge in [-0.1, -0.05) is 6.07 Å². The van der Waals surface area contributed by atoms with Gasteiger partial charge < -0.3 is 14.9 Å². The predicted molar refractivity (Wildman–Crippen MR) is 82.4 cm³/mol. The van der Waals surface area contributed by atoms with Crippen molar-refractivity contribution in [3.8, 4) is 0 Å². The summed E-state index contributed by atoms with van der Waals surface area (Å²) in [5, 5.41) is 9.36. The van der Waals surface area contributed by atoms with Crippen LogP contribution >= 0.6 is 15.9 Å². The minimum atomic E-state index is -0.697. The number of piperazine rings is 1. The Morgan fingerprint density at radius 3 is 2.40 bits per heavy atom. The van der Waals surface area contributed by atoms with Crippen molar-refractivity contribution in [2.24, 2.45) is 0 Å². The number of anilines is 1. The zero-order valence-electron chi connectivity index (χ0n) is 11.6. The highest BCUT2D eigenvalue weighted by Gasteiger charge is 2.51. The van der Waals surface area contributed by atoms with E-state index < -0.39 is 11.4 Å². The fourth-order valence-electron chi connectivity index (χ4n) is 2.86. The molecule has 1 aliphatic carbocycles. The van der Waals surface area contributed by atoms with E-state index >= 15 is 0 Å². The van der Waals surface area contributed by atoms with Gasteiger partial charge in [0, 0.05) is 30.7 Å². The molecule has 1 saturated carbocycles. The lowest BCUT2D eigenvalue weighted by atomic mass is 9.96. The summed E-state index contributed by atoms with van der Waals surface area (Å²) in [5.41, 5.74) is 1.47. The van der Waals surface area contributed by atoms with E-state index in [2.05, 4.69) is 38.8 Å². The maximum absolute atomic E-state index is 11.4. The van der Waals surface area contributed by atoms with Gasteiger partial charge in [-0.15, -0.1) is 0 Å². The van der Waals surface area contributed by atoms with Crippen LogP contribution in [0.5, 0.6) is 0 Å². The quantitative estimate of drug-likeness (QED) is 0.918. The monoisotopic (exact) mass is 338 g/mol. The number of benzene rings is 1. The molecular formula is C15H19BrN2O2. The molecule has 0 spiro atoms. The number of rotatable bonds is 3. The van der Waals surface area contributed by atoms with Crippen LogP contribution in [0.25, 0.3) is 0 Å². The largest absolute Gasteiger partial charge is 0.481 e. The van der Waals surface area contributed by atoms with Gasteiger partial charge in [0.1, 0.15) is 0 Å². The first kappa shape index (κ1) is 13.9. The fraction of sp³-hybridized carbons (Fsp3) is 0.533. The number of halogens is 1. The molecule has 1 aromatic carbocycles. The van der Waals surface area contributed by atoms with Crippen molar-refractivity contribution >= 4 is 27.6 Å². The highest BCUT2D eigenvalue weighted by atomic mass is 79.9. The molecule has 0 unspecified atom stereocenters.